The maximum atomic E-state index is 6.08. The normalized spacial score (nSPS) is 11.1. The molecular weight excluding hydrogens is 440 g/mol. The maximum absolute atomic E-state index is 6.08. The van der Waals surface area contributed by atoms with Gasteiger partial charge in [-0.25, -0.2) is 14.6 Å². The number of rotatable bonds is 5. The molecule has 0 unspecified atom stereocenters. The summed E-state index contributed by atoms with van der Waals surface area (Å²) in [4.78, 5) is 14.8. The molecule has 2 aromatic carbocycles. The van der Waals surface area contributed by atoms with Crippen LogP contribution in [0.5, 0.6) is 0 Å². The summed E-state index contributed by atoms with van der Waals surface area (Å²) in [6.07, 6.45) is 3.34. The van der Waals surface area contributed by atoms with E-state index in [-0.39, 0.29) is 0 Å². The largest absolute Gasteiger partial charge is 0.320 e. The van der Waals surface area contributed by atoms with Crippen molar-refractivity contribution in [3.8, 4) is 28.5 Å². The highest BCUT2D eigenvalue weighted by Crippen LogP contribution is 2.38. The van der Waals surface area contributed by atoms with Crippen molar-refractivity contribution in [1.82, 2.24) is 29.3 Å². The van der Waals surface area contributed by atoms with E-state index < -0.39 is 0 Å². The fourth-order valence-electron chi connectivity index (χ4n) is 3.44. The molecule has 0 fully saturated rings. The third-order valence-corrected chi connectivity index (χ3v) is 6.49. The van der Waals surface area contributed by atoms with Gasteiger partial charge in [0.25, 0.3) is 0 Å². The molecule has 8 heteroatoms. The van der Waals surface area contributed by atoms with Crippen molar-refractivity contribution in [1.29, 1.82) is 0 Å². The molecule has 3 heterocycles. The molecule has 0 aliphatic heterocycles. The van der Waals surface area contributed by atoms with Gasteiger partial charge in [-0.2, -0.15) is 5.10 Å². The molecule has 0 amide bonds. The highest BCUT2D eigenvalue weighted by atomic mass is 35.5. The molecule has 5 aromatic rings. The van der Waals surface area contributed by atoms with Gasteiger partial charge < -0.3 is 4.57 Å². The van der Waals surface area contributed by atoms with E-state index in [2.05, 4.69) is 31.8 Å². The smallest absolute Gasteiger partial charge is 0.159 e. The van der Waals surface area contributed by atoms with Gasteiger partial charge in [0.1, 0.15) is 28.6 Å². The summed E-state index contributed by atoms with van der Waals surface area (Å²) in [5.41, 5.74) is 3.70. The molecule has 0 bridgehead atoms. The lowest BCUT2D eigenvalue weighted by Gasteiger charge is -2.08. The zero-order valence-electron chi connectivity index (χ0n) is 17.5. The average molecular weight is 459 g/mol. The van der Waals surface area contributed by atoms with Crippen molar-refractivity contribution in [2.45, 2.75) is 16.8 Å². The number of imidazole rings is 1. The summed E-state index contributed by atoms with van der Waals surface area (Å²) in [7, 11) is 2.02. The monoisotopic (exact) mass is 458 g/mol. The molecule has 5 rings (SSSR count). The molecule has 0 aliphatic rings. The van der Waals surface area contributed by atoms with Crippen molar-refractivity contribution in [2.75, 3.05) is 0 Å². The molecular formula is C24H19ClN6S. The summed E-state index contributed by atoms with van der Waals surface area (Å²) in [5, 5.41) is 6.03. The first-order valence-corrected chi connectivity index (χ1v) is 11.2. The second kappa shape index (κ2) is 8.61. The Morgan fingerprint density at radius 1 is 0.906 bits per heavy atom. The lowest BCUT2D eigenvalue weighted by atomic mass is 10.1. The fraction of sp³-hybridized carbons (Fsp3) is 0.0833. The Kier molecular flexibility index (Phi) is 5.51. The summed E-state index contributed by atoms with van der Waals surface area (Å²) in [6, 6.07) is 21.9. The Balaban J connectivity index is 1.60. The van der Waals surface area contributed by atoms with E-state index in [0.717, 1.165) is 44.2 Å². The first-order chi connectivity index (χ1) is 15.6. The Bertz CT molecular complexity index is 1360. The van der Waals surface area contributed by atoms with Gasteiger partial charge in [0.15, 0.2) is 5.82 Å². The van der Waals surface area contributed by atoms with Crippen molar-refractivity contribution in [2.24, 2.45) is 7.05 Å². The van der Waals surface area contributed by atoms with Crippen LogP contribution in [0.15, 0.2) is 89.2 Å². The first-order valence-electron chi connectivity index (χ1n) is 9.99. The lowest BCUT2D eigenvalue weighted by Crippen LogP contribution is -1.98. The molecule has 0 spiro atoms. The molecule has 0 saturated heterocycles. The highest BCUT2D eigenvalue weighted by molar-refractivity contribution is 7.99. The van der Waals surface area contributed by atoms with Crippen LogP contribution in [0.1, 0.15) is 5.82 Å². The number of aromatic nitrogens is 6. The maximum Gasteiger partial charge on any atom is 0.159 e. The van der Waals surface area contributed by atoms with Crippen molar-refractivity contribution in [3.05, 3.63) is 90.1 Å². The predicted molar refractivity (Wildman–Crippen MR) is 127 cm³/mol. The zero-order valence-corrected chi connectivity index (χ0v) is 19.0. The van der Waals surface area contributed by atoms with Gasteiger partial charge in [-0.05, 0) is 55.5 Å². The average Bonchev–Trinajstić information content (AvgIpc) is 3.39. The summed E-state index contributed by atoms with van der Waals surface area (Å²) in [5.74, 6) is 1.65. The van der Waals surface area contributed by atoms with E-state index in [1.54, 1.807) is 24.3 Å². The second-order valence-corrected chi connectivity index (χ2v) is 8.68. The van der Waals surface area contributed by atoms with Gasteiger partial charge in [0.05, 0.1) is 5.69 Å². The molecule has 3 aromatic heterocycles. The Hall–Kier alpha value is -3.42. The van der Waals surface area contributed by atoms with Crippen molar-refractivity contribution < 1.29 is 0 Å². The van der Waals surface area contributed by atoms with Gasteiger partial charge >= 0.3 is 0 Å². The van der Waals surface area contributed by atoms with Crippen LogP contribution in [0.25, 0.3) is 28.5 Å². The number of aryl methyl sites for hydroxylation is 1. The van der Waals surface area contributed by atoms with E-state index in [0.29, 0.717) is 5.02 Å². The number of nitrogens with zero attached hydrogens (tertiary/aromatic N) is 6. The summed E-state index contributed by atoms with van der Waals surface area (Å²) in [6.45, 7) is 1.93. The summed E-state index contributed by atoms with van der Waals surface area (Å²) < 4.78 is 3.90. The minimum atomic E-state index is 0.716. The molecule has 32 heavy (non-hydrogen) atoms. The quantitative estimate of drug-likeness (QED) is 0.331. The van der Waals surface area contributed by atoms with Gasteiger partial charge in [0, 0.05) is 28.7 Å². The third kappa shape index (κ3) is 3.92. The van der Waals surface area contributed by atoms with E-state index >= 15 is 0 Å². The fourth-order valence-corrected chi connectivity index (χ4v) is 4.55. The van der Waals surface area contributed by atoms with Crippen LogP contribution in [-0.4, -0.2) is 29.3 Å². The molecule has 6 nitrogen and oxygen atoms in total. The van der Waals surface area contributed by atoms with E-state index in [1.165, 1.54) is 0 Å². The number of benzene rings is 2. The molecule has 158 valence electrons. The summed E-state index contributed by atoms with van der Waals surface area (Å²) >= 11 is 7.73. The number of hydrogen-bond donors (Lipinski definition) is 0. The van der Waals surface area contributed by atoms with E-state index in [1.807, 2.05) is 73.3 Å². The Morgan fingerprint density at radius 3 is 2.34 bits per heavy atom. The molecule has 0 atom stereocenters. The Morgan fingerprint density at radius 2 is 1.69 bits per heavy atom. The van der Waals surface area contributed by atoms with Crippen LogP contribution in [-0.2, 0) is 7.05 Å². The SMILES string of the molecule is Cc1ncnn1-c1ccc(-c2nc(-c3ccccn3)n(C)c2Sc2ccc(Cl)cc2)cc1. The highest BCUT2D eigenvalue weighted by Gasteiger charge is 2.19. The van der Waals surface area contributed by atoms with E-state index in [4.69, 9.17) is 16.6 Å². The molecule has 0 saturated carbocycles. The first kappa shape index (κ1) is 20.5. The second-order valence-electron chi connectivity index (χ2n) is 7.19. The standard InChI is InChI=1S/C24H19ClN6S/c1-16-27-15-28-31(16)19-10-6-17(7-11-19)22-24(32-20-12-8-18(25)9-13-20)30(2)23(29-22)21-5-3-4-14-26-21/h3-15H,1-2H3. The van der Waals surface area contributed by atoms with Crippen molar-refractivity contribution in [3.63, 3.8) is 0 Å². The van der Waals surface area contributed by atoms with Crippen LogP contribution in [0.4, 0.5) is 0 Å². The third-order valence-electron chi connectivity index (χ3n) is 5.07. The van der Waals surface area contributed by atoms with Crippen LogP contribution in [0.2, 0.25) is 5.02 Å². The van der Waals surface area contributed by atoms with Crippen LogP contribution in [0, 0.1) is 6.92 Å². The topological polar surface area (TPSA) is 61.4 Å². The number of halogens is 1. The molecule has 0 N–H and O–H groups in total. The van der Waals surface area contributed by atoms with Gasteiger partial charge in [-0.3, -0.25) is 4.98 Å². The van der Waals surface area contributed by atoms with Gasteiger partial charge in [-0.1, -0.05) is 41.6 Å². The van der Waals surface area contributed by atoms with Crippen molar-refractivity contribution >= 4 is 23.4 Å². The van der Waals surface area contributed by atoms with E-state index in [9.17, 15) is 0 Å². The molecule has 0 radical (unpaired) electrons. The number of hydrogen-bond acceptors (Lipinski definition) is 5. The minimum Gasteiger partial charge on any atom is -0.320 e. The van der Waals surface area contributed by atoms with Gasteiger partial charge in [-0.15, -0.1) is 0 Å². The molecule has 0 aliphatic carbocycles. The Labute approximate surface area is 195 Å². The lowest BCUT2D eigenvalue weighted by molar-refractivity contribution is 0.831. The minimum absolute atomic E-state index is 0.716. The van der Waals surface area contributed by atoms with Gasteiger partial charge in [0.2, 0.25) is 0 Å². The van der Waals surface area contributed by atoms with Crippen LogP contribution >= 0.6 is 23.4 Å². The van der Waals surface area contributed by atoms with Crippen LogP contribution in [0.3, 0.4) is 0 Å². The zero-order chi connectivity index (χ0) is 22.1. The van der Waals surface area contributed by atoms with Crippen LogP contribution < -0.4 is 0 Å². The number of pyridine rings is 1. The predicted octanol–water partition coefficient (Wildman–Crippen LogP) is 5.84.